The third-order valence-corrected chi connectivity index (χ3v) is 4.66. The van der Waals surface area contributed by atoms with Crippen LogP contribution in [0.15, 0.2) is 46.8 Å². The molecule has 0 fully saturated rings. The molecule has 132 valence electrons. The Morgan fingerprint density at radius 2 is 1.96 bits per heavy atom. The Labute approximate surface area is 152 Å². The molecule has 0 radical (unpaired) electrons. The quantitative estimate of drug-likeness (QED) is 0.515. The van der Waals surface area contributed by atoms with Crippen molar-refractivity contribution < 1.29 is 9.90 Å². The van der Waals surface area contributed by atoms with Gasteiger partial charge in [-0.05, 0) is 49.4 Å². The summed E-state index contributed by atoms with van der Waals surface area (Å²) in [6.07, 6.45) is 4.02. The van der Waals surface area contributed by atoms with E-state index in [1.54, 1.807) is 30.6 Å². The fourth-order valence-electron chi connectivity index (χ4n) is 2.44. The van der Waals surface area contributed by atoms with Gasteiger partial charge in [0.25, 0.3) is 0 Å². The molecule has 4 aromatic heterocycles. The molecule has 0 aliphatic rings. The van der Waals surface area contributed by atoms with Gasteiger partial charge in [0.15, 0.2) is 17.1 Å². The largest absolute Gasteiger partial charge is 0.386 e. The Bertz CT molecular complexity index is 1110. The number of nitrogens with zero attached hydrogens (tertiary/aromatic N) is 6. The zero-order chi connectivity index (χ0) is 18.3. The molecule has 0 atom stereocenters. The summed E-state index contributed by atoms with van der Waals surface area (Å²) in [6.45, 7) is 3.45. The van der Waals surface area contributed by atoms with E-state index < -0.39 is 5.60 Å². The third kappa shape index (κ3) is 3.00. The number of aromatic nitrogens is 6. The Kier molecular flexibility index (Phi) is 3.85. The van der Waals surface area contributed by atoms with Gasteiger partial charge in [-0.15, -0.1) is 10.2 Å². The number of aliphatic hydroxyl groups is 1. The van der Waals surface area contributed by atoms with Gasteiger partial charge in [0.1, 0.15) is 5.03 Å². The first-order valence-corrected chi connectivity index (χ1v) is 8.58. The van der Waals surface area contributed by atoms with Gasteiger partial charge in [0, 0.05) is 6.20 Å². The maximum absolute atomic E-state index is 10.5. The van der Waals surface area contributed by atoms with Crippen LogP contribution in [0.3, 0.4) is 0 Å². The van der Waals surface area contributed by atoms with E-state index in [-0.39, 0.29) is 0 Å². The van der Waals surface area contributed by atoms with Crippen molar-refractivity contribution in [3.63, 3.8) is 0 Å². The molecule has 0 saturated heterocycles. The van der Waals surface area contributed by atoms with Gasteiger partial charge >= 0.3 is 0 Å². The Morgan fingerprint density at radius 3 is 2.73 bits per heavy atom. The van der Waals surface area contributed by atoms with Gasteiger partial charge in [-0.3, -0.25) is 9.20 Å². The monoisotopic (exact) mass is 369 g/mol. The molecule has 0 spiro atoms. The average Bonchev–Trinajstić information content (AvgIpc) is 3.17. The van der Waals surface area contributed by atoms with Crippen LogP contribution in [0.1, 0.15) is 19.4 Å². The van der Waals surface area contributed by atoms with Crippen molar-refractivity contribution in [2.45, 2.75) is 29.6 Å². The molecule has 0 saturated carbocycles. The van der Waals surface area contributed by atoms with Crippen molar-refractivity contribution in [3.8, 4) is 0 Å². The van der Waals surface area contributed by atoms with Crippen molar-refractivity contribution in [1.29, 1.82) is 0 Å². The number of carbonyl (C=O) groups excluding carboxylic acids is 1. The normalized spacial score (nSPS) is 12.0. The summed E-state index contributed by atoms with van der Waals surface area (Å²) in [7, 11) is 0. The lowest BCUT2D eigenvalue weighted by Crippen LogP contribution is -2.16. The second-order valence-electron chi connectivity index (χ2n) is 6.15. The predicted molar refractivity (Wildman–Crippen MR) is 95.0 cm³/mol. The number of nitrogens with one attached hydrogen (secondary N) is 1. The molecule has 0 aromatic carbocycles. The minimum atomic E-state index is -0.962. The molecule has 0 aliphatic carbocycles. The van der Waals surface area contributed by atoms with Crippen LogP contribution < -0.4 is 5.32 Å². The second kappa shape index (κ2) is 6.07. The highest BCUT2D eigenvalue weighted by Gasteiger charge is 2.18. The first kappa shape index (κ1) is 16.5. The van der Waals surface area contributed by atoms with E-state index in [0.29, 0.717) is 33.7 Å². The van der Waals surface area contributed by atoms with E-state index in [0.717, 1.165) is 5.56 Å². The van der Waals surface area contributed by atoms with Gasteiger partial charge in [-0.25, -0.2) is 9.50 Å². The lowest BCUT2D eigenvalue weighted by atomic mass is 10.0. The minimum absolute atomic E-state index is 0.428. The highest BCUT2D eigenvalue weighted by atomic mass is 32.2. The van der Waals surface area contributed by atoms with Crippen LogP contribution in [0.4, 0.5) is 5.82 Å². The van der Waals surface area contributed by atoms with Gasteiger partial charge in [-0.1, -0.05) is 6.07 Å². The first-order valence-electron chi connectivity index (χ1n) is 7.76. The van der Waals surface area contributed by atoms with Gasteiger partial charge in [0.05, 0.1) is 11.8 Å². The average molecular weight is 369 g/mol. The topological polar surface area (TPSA) is 110 Å². The van der Waals surface area contributed by atoms with Crippen LogP contribution in [0.5, 0.6) is 0 Å². The highest BCUT2D eigenvalue weighted by Crippen LogP contribution is 2.27. The molecule has 4 rings (SSSR count). The summed E-state index contributed by atoms with van der Waals surface area (Å²) in [5.74, 6) is 0.428. The number of pyridine rings is 1. The number of amides is 1. The molecule has 2 N–H and O–H groups in total. The van der Waals surface area contributed by atoms with Crippen molar-refractivity contribution in [1.82, 2.24) is 29.2 Å². The summed E-state index contributed by atoms with van der Waals surface area (Å²) in [6, 6.07) is 7.26. The lowest BCUT2D eigenvalue weighted by Gasteiger charge is -2.17. The molecular formula is C16H15N7O2S. The number of carbonyl (C=O) groups is 1. The summed E-state index contributed by atoms with van der Waals surface area (Å²) < 4.78 is 3.40. The number of imidazole rings is 1. The van der Waals surface area contributed by atoms with E-state index in [4.69, 9.17) is 0 Å². The molecule has 0 unspecified atom stereocenters. The predicted octanol–water partition coefficient (Wildman–Crippen LogP) is 1.72. The van der Waals surface area contributed by atoms with E-state index in [1.165, 1.54) is 11.8 Å². The fraction of sp³-hybridized carbons (Fsp3) is 0.188. The lowest BCUT2D eigenvalue weighted by molar-refractivity contribution is -0.105. The van der Waals surface area contributed by atoms with E-state index in [2.05, 4.69) is 25.6 Å². The van der Waals surface area contributed by atoms with E-state index >= 15 is 0 Å². The number of rotatable bonds is 5. The van der Waals surface area contributed by atoms with Gasteiger partial charge in [0.2, 0.25) is 11.6 Å². The molecule has 9 nitrogen and oxygen atoms in total. The Hall–Kier alpha value is -2.98. The van der Waals surface area contributed by atoms with Crippen LogP contribution in [-0.2, 0) is 10.4 Å². The maximum Gasteiger partial charge on any atom is 0.212 e. The number of anilines is 1. The minimum Gasteiger partial charge on any atom is -0.386 e. The summed E-state index contributed by atoms with van der Waals surface area (Å²) in [4.78, 5) is 14.7. The number of hydrogen-bond acceptors (Lipinski definition) is 7. The molecule has 1 amide bonds. The van der Waals surface area contributed by atoms with Crippen LogP contribution in [0.2, 0.25) is 0 Å². The Balaban J connectivity index is 1.70. The number of hydrogen-bond donors (Lipinski definition) is 2. The van der Waals surface area contributed by atoms with Crippen molar-refractivity contribution >= 4 is 35.3 Å². The second-order valence-corrected chi connectivity index (χ2v) is 7.14. The highest BCUT2D eigenvalue weighted by molar-refractivity contribution is 7.99. The zero-order valence-electron chi connectivity index (χ0n) is 14.0. The third-order valence-electron chi connectivity index (χ3n) is 3.78. The molecule has 26 heavy (non-hydrogen) atoms. The zero-order valence-corrected chi connectivity index (χ0v) is 14.8. The fourth-order valence-corrected chi connectivity index (χ4v) is 3.22. The summed E-state index contributed by atoms with van der Waals surface area (Å²) in [5, 5.41) is 26.8. The van der Waals surface area contributed by atoms with Crippen LogP contribution in [-0.4, -0.2) is 40.7 Å². The number of fused-ring (bicyclic) bond motifs is 2. The molecule has 0 bridgehead atoms. The van der Waals surface area contributed by atoms with E-state index in [1.807, 2.05) is 28.8 Å². The molecular weight excluding hydrogens is 354 g/mol. The van der Waals surface area contributed by atoms with E-state index in [9.17, 15) is 9.90 Å². The van der Waals surface area contributed by atoms with Gasteiger partial charge in [-0.2, -0.15) is 5.10 Å². The van der Waals surface area contributed by atoms with Crippen molar-refractivity contribution in [2.24, 2.45) is 0 Å². The molecule has 4 aromatic rings. The molecule has 4 heterocycles. The van der Waals surface area contributed by atoms with Crippen molar-refractivity contribution in [3.05, 3.63) is 42.2 Å². The van der Waals surface area contributed by atoms with Gasteiger partial charge < -0.3 is 10.4 Å². The maximum atomic E-state index is 10.5. The first-order chi connectivity index (χ1) is 12.4. The Morgan fingerprint density at radius 1 is 1.15 bits per heavy atom. The van der Waals surface area contributed by atoms with Crippen LogP contribution in [0.25, 0.3) is 11.3 Å². The van der Waals surface area contributed by atoms with Crippen molar-refractivity contribution in [2.75, 3.05) is 5.32 Å². The smallest absolute Gasteiger partial charge is 0.212 e. The van der Waals surface area contributed by atoms with Crippen LogP contribution in [0, 0.1) is 0 Å². The standard InChI is InChI=1S/C16H15N7O2S/c1-16(2,25)10-3-4-13-19-20-15(22(13)7-10)26-14-6-5-12-18-11(17-9-24)8-23(12)21-14/h3-9,25H,1-2H3,(H,17,24). The summed E-state index contributed by atoms with van der Waals surface area (Å²) >= 11 is 1.34. The van der Waals surface area contributed by atoms with Crippen LogP contribution >= 0.6 is 11.8 Å². The summed E-state index contributed by atoms with van der Waals surface area (Å²) in [5.41, 5.74) is 1.10. The molecule has 0 aliphatic heterocycles. The SMILES string of the molecule is CC(C)(O)c1ccc2nnc(Sc3ccc4nc(NC=O)cn4n3)n2c1. The molecule has 10 heteroatoms.